The normalized spacial score (nSPS) is 14.1. The van der Waals surface area contributed by atoms with Gasteiger partial charge in [-0.1, -0.05) is 0 Å². The second-order valence-corrected chi connectivity index (χ2v) is 4.83. The number of carbonyl (C=O) groups excluding carboxylic acids is 1. The molecule has 22 heavy (non-hydrogen) atoms. The molecule has 2 aromatic heterocycles. The third-order valence-electron chi connectivity index (χ3n) is 3.02. The highest BCUT2D eigenvalue weighted by molar-refractivity contribution is 6.01. The number of aliphatic hydroxyl groups is 1. The number of nitrogens with zero attached hydrogens (tertiary/aromatic N) is 1. The Morgan fingerprint density at radius 1 is 1.41 bits per heavy atom. The highest BCUT2D eigenvalue weighted by Gasteiger charge is 2.18. The molecule has 114 valence electrons. The molecule has 6 nitrogen and oxygen atoms in total. The van der Waals surface area contributed by atoms with Gasteiger partial charge >= 0.3 is 0 Å². The number of carbonyl (C=O) groups is 1. The van der Waals surface area contributed by atoms with Crippen LogP contribution in [0.25, 0.3) is 6.08 Å². The van der Waals surface area contributed by atoms with Crippen LogP contribution >= 0.6 is 0 Å². The fourth-order valence-electron chi connectivity index (χ4n) is 1.96. The Bertz CT molecular complexity index is 666. The van der Waals surface area contributed by atoms with Crippen molar-refractivity contribution in [1.29, 1.82) is 5.26 Å². The Morgan fingerprint density at radius 3 is 2.73 bits per heavy atom. The van der Waals surface area contributed by atoms with Crippen LogP contribution < -0.4 is 5.32 Å². The van der Waals surface area contributed by atoms with E-state index in [1.165, 1.54) is 18.6 Å². The second kappa shape index (κ2) is 7.29. The molecule has 0 saturated carbocycles. The van der Waals surface area contributed by atoms with E-state index in [0.29, 0.717) is 11.5 Å². The van der Waals surface area contributed by atoms with Gasteiger partial charge in [-0.05, 0) is 31.2 Å². The zero-order chi connectivity index (χ0) is 15.9. The first-order chi connectivity index (χ1) is 10.6. The minimum Gasteiger partial charge on any atom is -0.467 e. The molecule has 0 aliphatic rings. The summed E-state index contributed by atoms with van der Waals surface area (Å²) in [5.41, 5.74) is -0.0608. The van der Waals surface area contributed by atoms with Gasteiger partial charge in [0.25, 0.3) is 5.91 Å². The second-order valence-electron chi connectivity index (χ2n) is 4.83. The first-order valence-corrected chi connectivity index (χ1v) is 6.77. The fraction of sp³-hybridized carbons (Fsp3) is 0.250. The third-order valence-corrected chi connectivity index (χ3v) is 3.02. The number of nitrogens with one attached hydrogen (secondary N) is 1. The lowest BCUT2D eigenvalue weighted by molar-refractivity contribution is -0.117. The highest BCUT2D eigenvalue weighted by atomic mass is 16.4. The van der Waals surface area contributed by atoms with Gasteiger partial charge in [0, 0.05) is 18.5 Å². The molecule has 0 spiro atoms. The van der Waals surface area contributed by atoms with E-state index in [1.54, 1.807) is 31.2 Å². The van der Waals surface area contributed by atoms with Gasteiger partial charge in [0.2, 0.25) is 0 Å². The molecule has 2 N–H and O–H groups in total. The summed E-state index contributed by atoms with van der Waals surface area (Å²) in [4.78, 5) is 12.0. The van der Waals surface area contributed by atoms with E-state index in [4.69, 9.17) is 14.1 Å². The molecular weight excluding hydrogens is 284 g/mol. The maximum atomic E-state index is 12.0. The maximum Gasteiger partial charge on any atom is 0.262 e. The highest BCUT2D eigenvalue weighted by Crippen LogP contribution is 2.18. The third kappa shape index (κ3) is 4.11. The summed E-state index contributed by atoms with van der Waals surface area (Å²) < 4.78 is 10.2. The number of amides is 1. The molecular formula is C16H16N2O4. The van der Waals surface area contributed by atoms with Crippen molar-refractivity contribution in [3.05, 3.63) is 53.9 Å². The molecule has 0 radical (unpaired) electrons. The first kappa shape index (κ1) is 15.6. The van der Waals surface area contributed by atoms with Crippen LogP contribution in [0.4, 0.5) is 0 Å². The number of nitriles is 1. The molecule has 0 bridgehead atoms. The zero-order valence-corrected chi connectivity index (χ0v) is 12.0. The summed E-state index contributed by atoms with van der Waals surface area (Å²) in [6.45, 7) is 1.74. The molecule has 0 fully saturated rings. The van der Waals surface area contributed by atoms with Gasteiger partial charge in [-0.25, -0.2) is 0 Å². The topological polar surface area (TPSA) is 99.4 Å². The van der Waals surface area contributed by atoms with Crippen molar-refractivity contribution in [2.45, 2.75) is 25.5 Å². The van der Waals surface area contributed by atoms with E-state index in [0.717, 1.165) is 0 Å². The lowest BCUT2D eigenvalue weighted by atomic mass is 10.1. The lowest BCUT2D eigenvalue weighted by Gasteiger charge is -2.16. The molecule has 0 aliphatic heterocycles. The molecule has 2 rings (SSSR count). The fourth-order valence-corrected chi connectivity index (χ4v) is 1.96. The summed E-state index contributed by atoms with van der Waals surface area (Å²) >= 11 is 0. The quantitative estimate of drug-likeness (QED) is 0.630. The smallest absolute Gasteiger partial charge is 0.262 e. The Balaban J connectivity index is 1.94. The Hall–Kier alpha value is -2.78. The Morgan fingerprint density at radius 2 is 2.14 bits per heavy atom. The van der Waals surface area contributed by atoms with E-state index >= 15 is 0 Å². The van der Waals surface area contributed by atoms with Crippen LogP contribution in [0.5, 0.6) is 0 Å². The molecule has 6 heteroatoms. The summed E-state index contributed by atoms with van der Waals surface area (Å²) in [7, 11) is 0. The molecule has 2 unspecified atom stereocenters. The van der Waals surface area contributed by atoms with Crippen LogP contribution in [0.3, 0.4) is 0 Å². The van der Waals surface area contributed by atoms with E-state index in [2.05, 4.69) is 5.32 Å². The van der Waals surface area contributed by atoms with Crippen molar-refractivity contribution in [2.75, 3.05) is 0 Å². The average Bonchev–Trinajstić information content (AvgIpc) is 3.17. The summed E-state index contributed by atoms with van der Waals surface area (Å²) in [6, 6.07) is 8.16. The van der Waals surface area contributed by atoms with Crippen LogP contribution in [0.2, 0.25) is 0 Å². The summed E-state index contributed by atoms with van der Waals surface area (Å²) in [6.07, 6.45) is 3.76. The monoisotopic (exact) mass is 300 g/mol. The van der Waals surface area contributed by atoms with Gasteiger partial charge in [-0.3, -0.25) is 4.79 Å². The predicted molar refractivity (Wildman–Crippen MR) is 78.2 cm³/mol. The van der Waals surface area contributed by atoms with Crippen LogP contribution in [-0.4, -0.2) is 17.1 Å². The van der Waals surface area contributed by atoms with Crippen molar-refractivity contribution in [3.63, 3.8) is 0 Å². The minimum absolute atomic E-state index is 0.0608. The first-order valence-electron chi connectivity index (χ1n) is 6.77. The van der Waals surface area contributed by atoms with Gasteiger partial charge in [-0.2, -0.15) is 5.26 Å². The largest absolute Gasteiger partial charge is 0.467 e. The van der Waals surface area contributed by atoms with Gasteiger partial charge in [0.15, 0.2) is 0 Å². The lowest BCUT2D eigenvalue weighted by Crippen LogP contribution is -2.34. The van der Waals surface area contributed by atoms with Crippen molar-refractivity contribution >= 4 is 12.0 Å². The number of hydrogen-bond acceptors (Lipinski definition) is 5. The number of hydrogen-bond donors (Lipinski definition) is 2. The number of aliphatic hydroxyl groups excluding tert-OH is 1. The molecule has 2 atom stereocenters. The molecule has 2 aromatic rings. The predicted octanol–water partition coefficient (Wildman–Crippen LogP) is 2.41. The summed E-state index contributed by atoms with van der Waals surface area (Å²) in [5.74, 6) is 0.348. The Kier molecular flexibility index (Phi) is 5.17. The molecule has 0 saturated heterocycles. The van der Waals surface area contributed by atoms with Crippen LogP contribution in [-0.2, 0) is 4.79 Å². The molecule has 0 aliphatic carbocycles. The van der Waals surface area contributed by atoms with Crippen molar-refractivity contribution in [1.82, 2.24) is 5.32 Å². The number of rotatable bonds is 6. The van der Waals surface area contributed by atoms with Gasteiger partial charge in [0.1, 0.15) is 29.3 Å². The van der Waals surface area contributed by atoms with E-state index in [-0.39, 0.29) is 18.0 Å². The zero-order valence-electron chi connectivity index (χ0n) is 12.0. The molecule has 0 aromatic carbocycles. The van der Waals surface area contributed by atoms with E-state index in [9.17, 15) is 9.90 Å². The molecule has 2 heterocycles. The van der Waals surface area contributed by atoms with Crippen molar-refractivity contribution in [3.8, 4) is 6.07 Å². The SMILES string of the molecule is CC(CC(O)c1ccco1)NC(=O)/C(C#N)=C/c1ccco1. The minimum atomic E-state index is -0.815. The van der Waals surface area contributed by atoms with Crippen molar-refractivity contribution in [2.24, 2.45) is 0 Å². The van der Waals surface area contributed by atoms with E-state index < -0.39 is 12.0 Å². The summed E-state index contributed by atoms with van der Waals surface area (Å²) in [5, 5.41) is 21.7. The van der Waals surface area contributed by atoms with Gasteiger partial charge < -0.3 is 19.3 Å². The van der Waals surface area contributed by atoms with Crippen LogP contribution in [0.1, 0.15) is 31.0 Å². The van der Waals surface area contributed by atoms with Crippen LogP contribution in [0.15, 0.2) is 51.2 Å². The average molecular weight is 300 g/mol. The number of furan rings is 2. The standard InChI is InChI=1S/C16H16N2O4/c1-11(8-14(19)15-5-3-7-22-15)18-16(20)12(10-17)9-13-4-2-6-21-13/h2-7,9,11,14,19H,8H2,1H3,(H,18,20)/b12-9+. The van der Waals surface area contributed by atoms with Crippen molar-refractivity contribution < 1.29 is 18.7 Å². The van der Waals surface area contributed by atoms with Crippen LogP contribution in [0, 0.1) is 11.3 Å². The van der Waals surface area contributed by atoms with Gasteiger partial charge in [-0.15, -0.1) is 0 Å². The maximum absolute atomic E-state index is 12.0. The van der Waals surface area contributed by atoms with Gasteiger partial charge in [0.05, 0.1) is 12.5 Å². The Labute approximate surface area is 127 Å². The molecule has 1 amide bonds. The van der Waals surface area contributed by atoms with E-state index in [1.807, 2.05) is 6.07 Å².